The average Bonchev–Trinajstić information content (AvgIpc) is 3.56. The highest BCUT2D eigenvalue weighted by molar-refractivity contribution is 5.97. The molecular formula is C39H49N9O. The Morgan fingerprint density at radius 3 is 2.61 bits per heavy atom. The number of ether oxygens (including phenoxy) is 1. The maximum Gasteiger partial charge on any atom is 0.318 e. The van der Waals surface area contributed by atoms with Gasteiger partial charge in [0.05, 0.1) is 30.8 Å². The van der Waals surface area contributed by atoms with E-state index >= 15 is 0 Å². The normalized spacial score (nSPS) is 18.3. The molecule has 2 aromatic carbocycles. The van der Waals surface area contributed by atoms with Crippen LogP contribution in [0.4, 0.5) is 17.3 Å². The highest BCUT2D eigenvalue weighted by Crippen LogP contribution is 2.36. The third-order valence-electron chi connectivity index (χ3n) is 10.4. The molecule has 0 bridgehead atoms. The van der Waals surface area contributed by atoms with Crippen molar-refractivity contribution in [3.05, 3.63) is 77.6 Å². The van der Waals surface area contributed by atoms with E-state index in [1.165, 1.54) is 34.0 Å². The number of benzene rings is 2. The lowest BCUT2D eigenvalue weighted by atomic mass is 9.99. The summed E-state index contributed by atoms with van der Waals surface area (Å²) in [4.78, 5) is 33.2. The molecule has 1 atom stereocenters. The summed E-state index contributed by atoms with van der Waals surface area (Å²) in [5.41, 5.74) is 4.92. The van der Waals surface area contributed by atoms with Gasteiger partial charge in [0.2, 0.25) is 0 Å². The maximum absolute atomic E-state index is 6.38. The van der Waals surface area contributed by atoms with Crippen LogP contribution >= 0.6 is 0 Å². The van der Waals surface area contributed by atoms with Gasteiger partial charge in [-0.1, -0.05) is 36.4 Å². The van der Waals surface area contributed by atoms with E-state index in [9.17, 15) is 0 Å². The fourth-order valence-corrected chi connectivity index (χ4v) is 7.51. The van der Waals surface area contributed by atoms with Crippen LogP contribution in [0, 0.1) is 6.92 Å². The van der Waals surface area contributed by atoms with Gasteiger partial charge in [0.25, 0.3) is 0 Å². The fourth-order valence-electron chi connectivity index (χ4n) is 7.51. The van der Waals surface area contributed by atoms with Crippen molar-refractivity contribution in [3.8, 4) is 6.01 Å². The zero-order valence-corrected chi connectivity index (χ0v) is 29.3. The molecule has 49 heavy (non-hydrogen) atoms. The lowest BCUT2D eigenvalue weighted by Crippen LogP contribution is -2.39. The summed E-state index contributed by atoms with van der Waals surface area (Å²) >= 11 is 0. The fraction of sp³-hybridized carbons (Fsp3) is 0.487. The molecule has 0 radical (unpaired) electrons. The van der Waals surface area contributed by atoms with Crippen LogP contribution in [-0.2, 0) is 13.0 Å². The molecule has 0 amide bonds. The summed E-state index contributed by atoms with van der Waals surface area (Å²) in [6.07, 6.45) is 7.94. The number of aliphatic imine (C=N–C) groups is 2. The molecule has 0 unspecified atom stereocenters. The zero-order valence-electron chi connectivity index (χ0n) is 29.3. The van der Waals surface area contributed by atoms with Crippen LogP contribution in [0.3, 0.4) is 0 Å². The number of piperidine rings is 1. The van der Waals surface area contributed by atoms with Crippen molar-refractivity contribution in [1.29, 1.82) is 0 Å². The minimum absolute atomic E-state index is 0.229. The van der Waals surface area contributed by atoms with Crippen LogP contribution in [0.2, 0.25) is 0 Å². The van der Waals surface area contributed by atoms with Crippen molar-refractivity contribution < 1.29 is 4.74 Å². The Bertz CT molecular complexity index is 1780. The number of nitrogens with zero attached hydrogens (tertiary/aromatic N) is 9. The van der Waals surface area contributed by atoms with Crippen LogP contribution in [0.15, 0.2) is 70.8 Å². The highest BCUT2D eigenvalue weighted by atomic mass is 16.5. The van der Waals surface area contributed by atoms with Crippen molar-refractivity contribution in [2.24, 2.45) is 9.98 Å². The summed E-state index contributed by atoms with van der Waals surface area (Å²) in [5.74, 6) is 2.02. The number of likely N-dealkylation sites (N-methyl/N-ethyl adjacent to an activating group) is 1. The van der Waals surface area contributed by atoms with Gasteiger partial charge in [-0.15, -0.1) is 0 Å². The first-order chi connectivity index (χ1) is 24.0. The second-order valence-corrected chi connectivity index (χ2v) is 13.8. The lowest BCUT2D eigenvalue weighted by Gasteiger charge is -2.36. The van der Waals surface area contributed by atoms with Crippen LogP contribution in [0.1, 0.15) is 48.9 Å². The number of hydrogen-bond acceptors (Lipinski definition) is 10. The summed E-state index contributed by atoms with van der Waals surface area (Å²) in [5, 5.41) is 2.60. The Morgan fingerprint density at radius 1 is 0.959 bits per heavy atom. The van der Waals surface area contributed by atoms with Gasteiger partial charge in [-0.3, -0.25) is 0 Å². The molecule has 10 heteroatoms. The number of hydrogen-bond donors (Lipinski definition) is 0. The van der Waals surface area contributed by atoms with Gasteiger partial charge in [-0.05, 0) is 88.2 Å². The molecule has 2 fully saturated rings. The van der Waals surface area contributed by atoms with Gasteiger partial charge in [0.1, 0.15) is 18.2 Å². The van der Waals surface area contributed by atoms with Crippen molar-refractivity contribution in [2.75, 3.05) is 74.7 Å². The number of anilines is 3. The lowest BCUT2D eigenvalue weighted by molar-refractivity contribution is 0.187. The second-order valence-electron chi connectivity index (χ2n) is 13.8. The summed E-state index contributed by atoms with van der Waals surface area (Å²) in [6, 6.07) is 23.3. The third kappa shape index (κ3) is 7.71. The van der Waals surface area contributed by atoms with Gasteiger partial charge in [-0.25, -0.2) is 15.0 Å². The van der Waals surface area contributed by atoms with E-state index in [4.69, 9.17) is 19.7 Å². The Labute approximate surface area is 290 Å². The smallest absolute Gasteiger partial charge is 0.318 e. The van der Waals surface area contributed by atoms with Gasteiger partial charge < -0.3 is 24.3 Å². The molecule has 5 heterocycles. The van der Waals surface area contributed by atoms with Crippen LogP contribution in [0.5, 0.6) is 6.01 Å². The molecule has 2 saturated heterocycles. The standard InChI is InChI=1S/C39H49N9O/c1-29-10-6-11-30-12-7-14-35(37(29)30)48-25-18-33-34(26-48)43-39(49-27-32-13-8-21-45(32)2)44-38(33)47-23-16-31(17-24-47)42-28-40-19-9-22-46(3)36-15-4-5-20-41-36/h4-7,10-12,14-15,20,31-32H,8-9,13,16-19,21-27H2,1-3H3/t32-/m0/s1. The van der Waals surface area contributed by atoms with E-state index in [1.54, 1.807) is 0 Å². The number of likely N-dealkylation sites (tertiary alicyclic amines) is 1. The van der Waals surface area contributed by atoms with E-state index in [0.717, 1.165) is 88.7 Å². The maximum atomic E-state index is 6.38. The molecule has 0 spiro atoms. The zero-order chi connectivity index (χ0) is 33.6. The molecule has 3 aliphatic rings. The van der Waals surface area contributed by atoms with E-state index in [1.807, 2.05) is 24.4 Å². The molecule has 0 N–H and O–H groups in total. The van der Waals surface area contributed by atoms with Crippen molar-refractivity contribution in [3.63, 3.8) is 0 Å². The predicted molar refractivity (Wildman–Crippen MR) is 199 cm³/mol. The highest BCUT2D eigenvalue weighted by Gasteiger charge is 2.29. The molecule has 10 nitrogen and oxygen atoms in total. The minimum atomic E-state index is 0.229. The Morgan fingerprint density at radius 2 is 1.82 bits per heavy atom. The first-order valence-electron chi connectivity index (χ1n) is 18.0. The topological polar surface area (TPSA) is 85.6 Å². The number of rotatable bonds is 11. The van der Waals surface area contributed by atoms with Crippen LogP contribution < -0.4 is 19.4 Å². The van der Waals surface area contributed by atoms with Crippen LogP contribution in [0.25, 0.3) is 10.8 Å². The van der Waals surface area contributed by atoms with Gasteiger partial charge in [0, 0.05) is 62.1 Å². The van der Waals surface area contributed by atoms with E-state index < -0.39 is 0 Å². The van der Waals surface area contributed by atoms with Gasteiger partial charge in [0.15, 0.2) is 0 Å². The molecular weight excluding hydrogens is 610 g/mol. The van der Waals surface area contributed by atoms with Gasteiger partial charge in [-0.2, -0.15) is 9.97 Å². The molecule has 2 aromatic heterocycles. The average molecular weight is 660 g/mol. The molecule has 256 valence electrons. The summed E-state index contributed by atoms with van der Waals surface area (Å²) < 4.78 is 6.38. The monoisotopic (exact) mass is 659 g/mol. The van der Waals surface area contributed by atoms with E-state index in [0.29, 0.717) is 25.2 Å². The van der Waals surface area contributed by atoms with Crippen molar-refractivity contribution in [2.45, 2.75) is 64.1 Å². The molecule has 3 aliphatic heterocycles. The Hall–Kier alpha value is -4.53. The van der Waals surface area contributed by atoms with E-state index in [-0.39, 0.29) is 6.04 Å². The van der Waals surface area contributed by atoms with Crippen molar-refractivity contribution >= 4 is 34.1 Å². The predicted octanol–water partition coefficient (Wildman–Crippen LogP) is 6.04. The minimum Gasteiger partial charge on any atom is -0.462 e. The number of fused-ring (bicyclic) bond motifs is 2. The quantitative estimate of drug-likeness (QED) is 0.142. The number of pyridine rings is 1. The Kier molecular flexibility index (Phi) is 10.3. The number of aryl methyl sites for hydroxylation is 1. The van der Waals surface area contributed by atoms with Crippen LogP contribution in [-0.4, -0.2) is 97.9 Å². The number of aromatic nitrogens is 3. The molecule has 0 aliphatic carbocycles. The first kappa shape index (κ1) is 33.0. The SMILES string of the molecule is Cc1cccc2cccc(N3CCc4c(nc(OC[C@@H]5CCCN5C)nc4N4CCC(N=C=NCCCN(C)c5ccccn5)CC4)C3)c12. The van der Waals surface area contributed by atoms with E-state index in [2.05, 4.69) is 93.0 Å². The summed E-state index contributed by atoms with van der Waals surface area (Å²) in [6.45, 7) is 9.01. The van der Waals surface area contributed by atoms with Crippen molar-refractivity contribution in [1.82, 2.24) is 19.9 Å². The molecule has 0 saturated carbocycles. The van der Waals surface area contributed by atoms with Gasteiger partial charge >= 0.3 is 6.01 Å². The summed E-state index contributed by atoms with van der Waals surface area (Å²) in [7, 11) is 4.25. The largest absolute Gasteiger partial charge is 0.462 e. The second kappa shape index (κ2) is 15.3. The molecule has 7 rings (SSSR count). The third-order valence-corrected chi connectivity index (χ3v) is 10.4. The molecule has 4 aromatic rings. The first-order valence-corrected chi connectivity index (χ1v) is 18.0. The Balaban J connectivity index is 1.03.